The van der Waals surface area contributed by atoms with E-state index < -0.39 is 0 Å². The van der Waals surface area contributed by atoms with E-state index >= 15 is 0 Å². The van der Waals surface area contributed by atoms with Crippen molar-refractivity contribution in [1.82, 2.24) is 40.0 Å². The Hall–Kier alpha value is -3.79. The number of aromatic nitrogens is 6. The molecule has 192 valence electrons. The topological polar surface area (TPSA) is 107 Å². The van der Waals surface area contributed by atoms with Crippen LogP contribution in [0.25, 0.3) is 28.2 Å². The summed E-state index contributed by atoms with van der Waals surface area (Å²) in [6, 6.07) is 10.1. The summed E-state index contributed by atoms with van der Waals surface area (Å²) in [5.74, 6) is 2.37. The lowest BCUT2D eigenvalue weighted by molar-refractivity contribution is 0.213. The summed E-state index contributed by atoms with van der Waals surface area (Å²) in [5, 5.41) is 14.8. The van der Waals surface area contributed by atoms with Crippen molar-refractivity contribution in [2.24, 2.45) is 11.8 Å². The van der Waals surface area contributed by atoms with Crippen molar-refractivity contribution >= 4 is 17.5 Å². The number of piperidine rings is 1. The first-order valence-corrected chi connectivity index (χ1v) is 13.2. The van der Waals surface area contributed by atoms with Gasteiger partial charge in [0.1, 0.15) is 12.1 Å². The number of carbonyl (C=O) groups is 1. The number of carbonyl (C=O) groups excluding carboxylic acids is 1. The first-order valence-electron chi connectivity index (χ1n) is 13.2. The molecule has 10 heteroatoms. The van der Waals surface area contributed by atoms with Crippen LogP contribution in [0.4, 0.5) is 10.6 Å². The Morgan fingerprint density at radius 2 is 1.97 bits per heavy atom. The lowest BCUT2D eigenvalue weighted by atomic mass is 9.96. The predicted octanol–water partition coefficient (Wildman–Crippen LogP) is 3.84. The Bertz CT molecular complexity index is 1360. The molecule has 0 radical (unpaired) electrons. The van der Waals surface area contributed by atoms with E-state index in [1.807, 2.05) is 52.5 Å². The number of rotatable bonds is 7. The van der Waals surface area contributed by atoms with Crippen LogP contribution in [0.3, 0.4) is 0 Å². The van der Waals surface area contributed by atoms with Crippen molar-refractivity contribution in [2.45, 2.75) is 39.2 Å². The second-order valence-electron chi connectivity index (χ2n) is 10.4. The van der Waals surface area contributed by atoms with Crippen LogP contribution in [0, 0.1) is 11.8 Å². The standard InChI is InChI=1S/C27H33N9O/c1-18(2)23-16-34(12-9-19-4-3-11-28-14-19)27(37)36(23)24-10-13-35-26(32-24)22(15-31-35)20-5-7-21(8-6-20)25-29-17-30-33-25/h5-8,10,13,15,17-19,23,28H,3-4,9,11-12,14,16H2,1-2H3,(H,29,30,33). The van der Waals surface area contributed by atoms with Crippen LogP contribution in [0.2, 0.25) is 0 Å². The zero-order valence-electron chi connectivity index (χ0n) is 21.3. The van der Waals surface area contributed by atoms with Gasteiger partial charge >= 0.3 is 6.03 Å². The first-order chi connectivity index (χ1) is 18.1. The molecule has 2 aliphatic heterocycles. The zero-order valence-corrected chi connectivity index (χ0v) is 21.3. The summed E-state index contributed by atoms with van der Waals surface area (Å²) in [5.41, 5.74) is 3.60. The van der Waals surface area contributed by atoms with Gasteiger partial charge in [-0.2, -0.15) is 10.2 Å². The lowest BCUT2D eigenvalue weighted by Gasteiger charge is -2.25. The van der Waals surface area contributed by atoms with Crippen molar-refractivity contribution < 1.29 is 4.79 Å². The normalized spacial score (nSPS) is 20.5. The molecule has 10 nitrogen and oxygen atoms in total. The quantitative estimate of drug-likeness (QED) is 0.400. The number of H-pyrrole nitrogens is 1. The molecule has 0 aliphatic carbocycles. The van der Waals surface area contributed by atoms with Crippen LogP contribution in [0.1, 0.15) is 33.1 Å². The third-order valence-electron chi connectivity index (χ3n) is 7.68. The molecule has 2 unspecified atom stereocenters. The van der Waals surface area contributed by atoms with E-state index in [9.17, 15) is 4.79 Å². The van der Waals surface area contributed by atoms with Gasteiger partial charge in [0, 0.05) is 30.4 Å². The van der Waals surface area contributed by atoms with E-state index in [-0.39, 0.29) is 12.1 Å². The molecule has 2 saturated heterocycles. The third-order valence-corrected chi connectivity index (χ3v) is 7.68. The van der Waals surface area contributed by atoms with E-state index in [0.29, 0.717) is 17.7 Å². The highest BCUT2D eigenvalue weighted by Crippen LogP contribution is 2.31. The second kappa shape index (κ2) is 9.93. The van der Waals surface area contributed by atoms with Gasteiger partial charge in [0.05, 0.1) is 12.2 Å². The van der Waals surface area contributed by atoms with Gasteiger partial charge in [-0.05, 0) is 55.8 Å². The smallest absolute Gasteiger partial charge is 0.322 e. The van der Waals surface area contributed by atoms with E-state index in [2.05, 4.69) is 39.4 Å². The Balaban J connectivity index is 1.27. The van der Waals surface area contributed by atoms with Crippen molar-refractivity contribution in [3.05, 3.63) is 49.1 Å². The maximum Gasteiger partial charge on any atom is 0.326 e. The number of nitrogens with zero attached hydrogens (tertiary/aromatic N) is 7. The van der Waals surface area contributed by atoms with Crippen LogP contribution in [-0.2, 0) is 0 Å². The maximum atomic E-state index is 13.6. The summed E-state index contributed by atoms with van der Waals surface area (Å²) in [6.45, 7) is 8.05. The van der Waals surface area contributed by atoms with Crippen molar-refractivity contribution in [3.8, 4) is 22.5 Å². The molecular formula is C27H33N9O. The minimum absolute atomic E-state index is 0.0526. The largest absolute Gasteiger partial charge is 0.326 e. The number of aromatic amines is 1. The fourth-order valence-electron chi connectivity index (χ4n) is 5.50. The highest BCUT2D eigenvalue weighted by molar-refractivity contribution is 5.94. The highest BCUT2D eigenvalue weighted by Gasteiger charge is 2.40. The zero-order chi connectivity index (χ0) is 25.4. The van der Waals surface area contributed by atoms with Gasteiger partial charge in [-0.1, -0.05) is 38.1 Å². The van der Waals surface area contributed by atoms with Crippen LogP contribution in [-0.4, -0.2) is 72.9 Å². The molecular weight excluding hydrogens is 466 g/mol. The van der Waals surface area contributed by atoms with Gasteiger partial charge < -0.3 is 10.2 Å². The molecule has 6 rings (SSSR count). The highest BCUT2D eigenvalue weighted by atomic mass is 16.2. The summed E-state index contributed by atoms with van der Waals surface area (Å²) >= 11 is 0. The molecule has 5 heterocycles. The molecule has 2 atom stereocenters. The van der Waals surface area contributed by atoms with Gasteiger partial charge in [0.2, 0.25) is 0 Å². The first kappa shape index (κ1) is 23.6. The summed E-state index contributed by atoms with van der Waals surface area (Å²) in [6.07, 6.45) is 8.73. The van der Waals surface area contributed by atoms with Crippen LogP contribution < -0.4 is 10.2 Å². The Morgan fingerprint density at radius 1 is 1.14 bits per heavy atom. The Labute approximate surface area is 216 Å². The van der Waals surface area contributed by atoms with E-state index in [4.69, 9.17) is 4.98 Å². The average Bonchev–Trinajstić information content (AvgIpc) is 3.67. The number of urea groups is 1. The van der Waals surface area contributed by atoms with Crippen LogP contribution in [0.15, 0.2) is 49.1 Å². The minimum Gasteiger partial charge on any atom is -0.322 e. The monoisotopic (exact) mass is 499 g/mol. The van der Waals surface area contributed by atoms with Crippen LogP contribution >= 0.6 is 0 Å². The van der Waals surface area contributed by atoms with Crippen molar-refractivity contribution in [1.29, 1.82) is 0 Å². The molecule has 2 amide bonds. The number of hydrogen-bond acceptors (Lipinski definition) is 6. The second-order valence-corrected chi connectivity index (χ2v) is 10.4. The summed E-state index contributed by atoms with van der Waals surface area (Å²) in [4.78, 5) is 26.7. The number of fused-ring (bicyclic) bond motifs is 1. The maximum absolute atomic E-state index is 13.6. The number of hydrogen-bond donors (Lipinski definition) is 2. The molecule has 2 aliphatic rings. The van der Waals surface area contributed by atoms with E-state index in [1.165, 1.54) is 19.2 Å². The van der Waals surface area contributed by atoms with Gasteiger partial charge in [-0.15, -0.1) is 0 Å². The van der Waals surface area contributed by atoms with Crippen molar-refractivity contribution in [3.63, 3.8) is 0 Å². The van der Waals surface area contributed by atoms with Gasteiger partial charge in [-0.3, -0.25) is 10.00 Å². The van der Waals surface area contributed by atoms with E-state index in [0.717, 1.165) is 60.8 Å². The minimum atomic E-state index is 0.0526. The molecule has 2 N–H and O–H groups in total. The number of nitrogens with one attached hydrogen (secondary N) is 2. The molecule has 0 saturated carbocycles. The molecule has 1 aromatic carbocycles. The van der Waals surface area contributed by atoms with Gasteiger partial charge in [-0.25, -0.2) is 19.3 Å². The Kier molecular flexibility index (Phi) is 6.33. The fourth-order valence-corrected chi connectivity index (χ4v) is 5.50. The van der Waals surface area contributed by atoms with Crippen LogP contribution in [0.5, 0.6) is 0 Å². The molecule has 37 heavy (non-hydrogen) atoms. The Morgan fingerprint density at radius 3 is 2.70 bits per heavy atom. The number of amides is 2. The van der Waals surface area contributed by atoms with Gasteiger partial charge in [0.15, 0.2) is 11.5 Å². The number of anilines is 1. The molecule has 0 bridgehead atoms. The molecule has 3 aromatic heterocycles. The average molecular weight is 500 g/mol. The fraction of sp³-hybridized carbons (Fsp3) is 0.444. The SMILES string of the molecule is CC(C)C1CN(CCC2CCCNC2)C(=O)N1c1ccn2ncc(-c3ccc(-c4ncn[nH]4)cc3)c2n1. The van der Waals surface area contributed by atoms with Gasteiger partial charge in [0.25, 0.3) is 0 Å². The molecule has 0 spiro atoms. The van der Waals surface area contributed by atoms with Crippen molar-refractivity contribution in [2.75, 3.05) is 31.1 Å². The lowest BCUT2D eigenvalue weighted by Crippen LogP contribution is -2.38. The third kappa shape index (κ3) is 4.57. The predicted molar refractivity (Wildman–Crippen MR) is 142 cm³/mol. The van der Waals surface area contributed by atoms with E-state index in [1.54, 1.807) is 4.52 Å². The molecule has 4 aromatic rings. The molecule has 2 fully saturated rings. The summed E-state index contributed by atoms with van der Waals surface area (Å²) < 4.78 is 1.77. The number of benzene rings is 1. The summed E-state index contributed by atoms with van der Waals surface area (Å²) in [7, 11) is 0.